The molecule has 0 fully saturated rings. The van der Waals surface area contributed by atoms with Crippen molar-refractivity contribution in [3.05, 3.63) is 247 Å². The van der Waals surface area contributed by atoms with Gasteiger partial charge in [0.05, 0.1) is 11.3 Å². The maximum atomic E-state index is 4.79. The fourth-order valence-corrected chi connectivity index (χ4v) is 9.86. The molecule has 0 saturated carbocycles. The monoisotopic (exact) mass is 1070 g/mol. The van der Waals surface area contributed by atoms with E-state index in [4.69, 9.17) is 15.0 Å². The molecule has 0 aliphatic rings. The predicted octanol–water partition coefficient (Wildman–Crippen LogP) is 14.6. The zero-order valence-corrected chi connectivity index (χ0v) is 40.8. The number of aromatic nitrogens is 5. The van der Waals surface area contributed by atoms with Crippen molar-refractivity contribution in [1.82, 2.24) is 23.8 Å². The molecule has 5 heterocycles. The topological polar surface area (TPSA) is 47.5 Å². The van der Waals surface area contributed by atoms with Crippen molar-refractivity contribution in [1.29, 1.82) is 0 Å². The third kappa shape index (κ3) is 8.82. The number of hydrogen-bond acceptors (Lipinski definition) is 3. The SMILES string of the molecule is Cc1cn2ccc3cc(CCc4cc(CCc5c[c-]c6c(ccn7cc(C)nc67)c5)cc(-c5ccccc5-c5c[c-]c(-c6ccccn6)cc5-c5ccc(-c6ccccc6)cc5)c4)c[c-]c3c2n1.[Ir+3]. The van der Waals surface area contributed by atoms with Crippen molar-refractivity contribution < 1.29 is 20.1 Å². The molecule has 6 heteroatoms. The molecule has 0 aliphatic heterocycles. The van der Waals surface area contributed by atoms with E-state index in [1.165, 1.54) is 44.5 Å². The van der Waals surface area contributed by atoms with Crippen molar-refractivity contribution >= 4 is 32.8 Å². The van der Waals surface area contributed by atoms with Crippen LogP contribution < -0.4 is 0 Å². The van der Waals surface area contributed by atoms with Crippen molar-refractivity contribution in [2.24, 2.45) is 0 Å². The molecule has 12 rings (SSSR count). The summed E-state index contributed by atoms with van der Waals surface area (Å²) in [4.78, 5) is 14.3. The van der Waals surface area contributed by atoms with Gasteiger partial charge in [-0.2, -0.15) is 0 Å². The zero-order valence-electron chi connectivity index (χ0n) is 38.4. The second-order valence-corrected chi connectivity index (χ2v) is 18.0. The molecule has 0 bridgehead atoms. The third-order valence-corrected chi connectivity index (χ3v) is 13.2. The minimum Gasteiger partial charge on any atom is -0.347 e. The Balaban J connectivity index is 0.00000520. The van der Waals surface area contributed by atoms with Gasteiger partial charge < -0.3 is 13.8 Å². The molecule has 5 nitrogen and oxygen atoms in total. The van der Waals surface area contributed by atoms with Crippen LogP contribution in [0.4, 0.5) is 0 Å². The van der Waals surface area contributed by atoms with E-state index >= 15 is 0 Å². The normalized spacial score (nSPS) is 11.4. The van der Waals surface area contributed by atoms with Crippen LogP contribution in [0, 0.1) is 32.0 Å². The minimum absolute atomic E-state index is 0. The Hall–Kier alpha value is -7.76. The van der Waals surface area contributed by atoms with Crippen molar-refractivity contribution in [2.45, 2.75) is 39.5 Å². The van der Waals surface area contributed by atoms with Crippen molar-refractivity contribution in [2.75, 3.05) is 0 Å². The molecular weight excluding hydrogens is 1020 g/mol. The van der Waals surface area contributed by atoms with Crippen LogP contribution in [0.25, 0.3) is 88.6 Å². The fraction of sp³-hybridized carbons (Fsp3) is 0.0952. The summed E-state index contributed by atoms with van der Waals surface area (Å²) < 4.78 is 4.18. The van der Waals surface area contributed by atoms with Crippen molar-refractivity contribution in [3.63, 3.8) is 0 Å². The van der Waals surface area contributed by atoms with Gasteiger partial charge in [0.2, 0.25) is 0 Å². The van der Waals surface area contributed by atoms with E-state index in [9.17, 15) is 0 Å². The Labute approximate surface area is 416 Å². The van der Waals surface area contributed by atoms with Gasteiger partial charge >= 0.3 is 20.1 Å². The van der Waals surface area contributed by atoms with Crippen molar-refractivity contribution in [3.8, 4) is 55.8 Å². The first-order valence-corrected chi connectivity index (χ1v) is 23.4. The van der Waals surface area contributed by atoms with Gasteiger partial charge in [0.1, 0.15) is 0 Å². The van der Waals surface area contributed by atoms with Crippen LogP contribution in [0.15, 0.2) is 195 Å². The number of hydrogen-bond donors (Lipinski definition) is 0. The van der Waals surface area contributed by atoms with E-state index in [1.54, 1.807) is 0 Å². The summed E-state index contributed by atoms with van der Waals surface area (Å²) in [6, 6.07) is 70.2. The van der Waals surface area contributed by atoms with Crippen LogP contribution in [0.5, 0.6) is 0 Å². The number of pyridine rings is 3. The van der Waals surface area contributed by atoms with E-state index in [2.05, 4.69) is 203 Å². The van der Waals surface area contributed by atoms with Gasteiger partial charge in [-0.05, 0) is 89.8 Å². The number of aryl methyl sites for hydroxylation is 6. The zero-order chi connectivity index (χ0) is 45.6. The van der Waals surface area contributed by atoms with Gasteiger partial charge in [0, 0.05) is 30.0 Å². The van der Waals surface area contributed by atoms with E-state index in [0.29, 0.717) is 0 Å². The van der Waals surface area contributed by atoms with E-state index in [0.717, 1.165) is 103 Å². The Bertz CT molecular complexity index is 3670. The van der Waals surface area contributed by atoms with E-state index in [1.807, 2.05) is 32.2 Å². The fourth-order valence-electron chi connectivity index (χ4n) is 9.86. The van der Waals surface area contributed by atoms with Crippen LogP contribution in [-0.2, 0) is 45.8 Å². The minimum atomic E-state index is 0. The summed E-state index contributed by atoms with van der Waals surface area (Å²) in [6.07, 6.45) is 13.7. The summed E-state index contributed by atoms with van der Waals surface area (Å²) in [6.45, 7) is 4.07. The maximum Gasteiger partial charge on any atom is 3.00 e. The summed E-state index contributed by atoms with van der Waals surface area (Å²) in [5.41, 5.74) is 20.3. The van der Waals surface area contributed by atoms with Crippen LogP contribution in [0.2, 0.25) is 0 Å². The number of nitrogens with zero attached hydrogens (tertiary/aromatic N) is 5. The van der Waals surface area contributed by atoms with Crippen LogP contribution in [0.3, 0.4) is 0 Å². The second kappa shape index (κ2) is 18.7. The number of benzene rings is 7. The molecule has 0 saturated heterocycles. The van der Waals surface area contributed by atoms with Gasteiger partial charge in [-0.3, -0.25) is 9.97 Å². The smallest absolute Gasteiger partial charge is 0.347 e. The standard InChI is InChI=1S/C63H46N5.Ir/c1-42-40-67-32-29-51-35-44(19-26-56(51)62(67)65-42)15-17-46-34-47(18-16-45-20-27-57-52(36-45)30-33-68-41-43(2)66-63(57)68)38-54(37-46)55-12-6-7-13-58(55)59-28-25-53(61-14-8-9-31-64-61)39-60(59)50-23-21-49(22-24-50)48-10-4-3-5-11-48;/h3-14,19-24,28-41H,15-18H2,1-2H3;/q-3;+3. The number of imidazole rings is 2. The first-order chi connectivity index (χ1) is 33.5. The molecular formula is C63H46IrN5. The average Bonchev–Trinajstić information content (AvgIpc) is 3.99. The van der Waals surface area contributed by atoms with Gasteiger partial charge in [0.15, 0.2) is 0 Å². The first-order valence-electron chi connectivity index (χ1n) is 23.4. The summed E-state index contributed by atoms with van der Waals surface area (Å²) in [5, 5.41) is 4.43. The molecule has 0 unspecified atom stereocenters. The maximum absolute atomic E-state index is 4.79. The second-order valence-electron chi connectivity index (χ2n) is 18.0. The quantitative estimate of drug-likeness (QED) is 0.121. The largest absolute Gasteiger partial charge is 3.00 e. The molecule has 7 aromatic carbocycles. The van der Waals surface area contributed by atoms with E-state index < -0.39 is 0 Å². The molecule has 0 aliphatic carbocycles. The average molecular weight is 1070 g/mol. The Morgan fingerprint density at radius 2 is 0.986 bits per heavy atom. The molecule has 5 aromatic heterocycles. The molecule has 0 amide bonds. The Morgan fingerprint density at radius 3 is 1.59 bits per heavy atom. The molecule has 0 spiro atoms. The van der Waals surface area contributed by atoms with Gasteiger partial charge in [0.25, 0.3) is 0 Å². The molecule has 0 atom stereocenters. The summed E-state index contributed by atoms with van der Waals surface area (Å²) >= 11 is 0. The van der Waals surface area contributed by atoms with Gasteiger partial charge in [-0.25, -0.2) is 0 Å². The molecule has 332 valence electrons. The third-order valence-electron chi connectivity index (χ3n) is 13.2. The number of rotatable bonds is 11. The molecule has 0 radical (unpaired) electrons. The summed E-state index contributed by atoms with van der Waals surface area (Å²) in [7, 11) is 0. The summed E-state index contributed by atoms with van der Waals surface area (Å²) in [5.74, 6) is 0. The molecule has 69 heavy (non-hydrogen) atoms. The Kier molecular flexibility index (Phi) is 11.9. The van der Waals surface area contributed by atoms with Crippen LogP contribution in [-0.4, -0.2) is 23.8 Å². The van der Waals surface area contributed by atoms with E-state index in [-0.39, 0.29) is 20.1 Å². The predicted molar refractivity (Wildman–Crippen MR) is 278 cm³/mol. The number of fused-ring (bicyclic) bond motifs is 6. The Morgan fingerprint density at radius 1 is 0.435 bits per heavy atom. The van der Waals surface area contributed by atoms with Gasteiger partial charge in [-0.15, -0.1) is 92.8 Å². The van der Waals surface area contributed by atoms with Gasteiger partial charge in [-0.1, -0.05) is 151 Å². The molecule has 12 aromatic rings. The molecule has 0 N–H and O–H groups in total. The first kappa shape index (κ1) is 43.8. The van der Waals surface area contributed by atoms with Crippen LogP contribution in [0.1, 0.15) is 33.6 Å². The van der Waals surface area contributed by atoms with Crippen LogP contribution >= 0.6 is 0 Å².